The molecule has 102 valence electrons. The number of carbonyl (C=O) groups excluding carboxylic acids is 1. The quantitative estimate of drug-likeness (QED) is 0.805. The van der Waals surface area contributed by atoms with Crippen molar-refractivity contribution in [2.45, 2.75) is 26.4 Å². The van der Waals surface area contributed by atoms with Gasteiger partial charge in [0.15, 0.2) is 0 Å². The highest BCUT2D eigenvalue weighted by molar-refractivity contribution is 14.1. The van der Waals surface area contributed by atoms with E-state index in [2.05, 4.69) is 5.32 Å². The highest BCUT2D eigenvalue weighted by Gasteiger charge is 2.18. The highest BCUT2D eigenvalue weighted by Crippen LogP contribution is 2.28. The second-order valence-electron chi connectivity index (χ2n) is 4.77. The van der Waals surface area contributed by atoms with Crippen LogP contribution in [0.4, 0.5) is 10.5 Å². The molecule has 0 aliphatic carbocycles. The Bertz CT molecular complexity index is 530. The molecule has 0 saturated heterocycles. The number of anilines is 1. The molecule has 0 atom stereocenters. The van der Waals surface area contributed by atoms with E-state index >= 15 is 0 Å². The lowest BCUT2D eigenvalue weighted by Crippen LogP contribution is -2.27. The summed E-state index contributed by atoms with van der Waals surface area (Å²) in [6, 6.07) is 5.28. The third kappa shape index (κ3) is 4.59. The Labute approximate surface area is 126 Å². The van der Waals surface area contributed by atoms with Crippen molar-refractivity contribution in [3.8, 4) is 11.8 Å². The first-order valence-electron chi connectivity index (χ1n) is 5.54. The fraction of sp³-hybridized carbons (Fsp3) is 0.385. The average Bonchev–Trinajstić information content (AvgIpc) is 2.28. The third-order valence-corrected chi connectivity index (χ3v) is 2.94. The lowest BCUT2D eigenvalue weighted by atomic mass is 10.2. The molecule has 0 unspecified atom stereocenters. The maximum Gasteiger partial charge on any atom is 0.412 e. The largest absolute Gasteiger partial charge is 0.495 e. The smallest absolute Gasteiger partial charge is 0.412 e. The molecule has 6 heteroatoms. The summed E-state index contributed by atoms with van der Waals surface area (Å²) in [7, 11) is 1.47. The van der Waals surface area contributed by atoms with Crippen molar-refractivity contribution >= 4 is 34.4 Å². The summed E-state index contributed by atoms with van der Waals surface area (Å²) in [4.78, 5) is 11.7. The Morgan fingerprint density at radius 3 is 2.53 bits per heavy atom. The highest BCUT2D eigenvalue weighted by atomic mass is 127. The van der Waals surface area contributed by atoms with Gasteiger partial charge < -0.3 is 9.47 Å². The predicted octanol–water partition coefficient (Wildman–Crippen LogP) is 3.52. The van der Waals surface area contributed by atoms with E-state index in [0.29, 0.717) is 17.0 Å². The van der Waals surface area contributed by atoms with Crippen LogP contribution in [0.1, 0.15) is 26.3 Å². The van der Waals surface area contributed by atoms with Crippen LogP contribution in [0.2, 0.25) is 0 Å². The molecule has 0 fully saturated rings. The van der Waals surface area contributed by atoms with E-state index < -0.39 is 11.7 Å². The van der Waals surface area contributed by atoms with Crippen molar-refractivity contribution in [2.75, 3.05) is 12.4 Å². The molecule has 1 aromatic rings. The lowest BCUT2D eigenvalue weighted by molar-refractivity contribution is 0.0636. The summed E-state index contributed by atoms with van der Waals surface area (Å²) in [6.45, 7) is 5.37. The molecule has 0 spiro atoms. The van der Waals surface area contributed by atoms with E-state index in [0.717, 1.165) is 3.57 Å². The normalized spacial score (nSPS) is 10.5. The molecule has 0 radical (unpaired) electrons. The van der Waals surface area contributed by atoms with Crippen molar-refractivity contribution < 1.29 is 14.3 Å². The minimum Gasteiger partial charge on any atom is -0.495 e. The first-order chi connectivity index (χ1) is 8.76. The summed E-state index contributed by atoms with van der Waals surface area (Å²) in [5, 5.41) is 11.6. The van der Waals surface area contributed by atoms with Crippen molar-refractivity contribution in [1.29, 1.82) is 5.26 Å². The molecule has 1 aromatic carbocycles. The Morgan fingerprint density at radius 2 is 2.05 bits per heavy atom. The van der Waals surface area contributed by atoms with Gasteiger partial charge in [-0.15, -0.1) is 0 Å². The van der Waals surface area contributed by atoms with E-state index in [-0.39, 0.29) is 0 Å². The van der Waals surface area contributed by atoms with Gasteiger partial charge in [-0.1, -0.05) is 0 Å². The molecule has 1 rings (SSSR count). The number of halogens is 1. The number of nitrogens with zero attached hydrogens (tertiary/aromatic N) is 1. The molecule has 0 aromatic heterocycles. The molecular formula is C13H15IN2O3. The Hall–Kier alpha value is -1.49. The van der Waals surface area contributed by atoms with Gasteiger partial charge in [0.25, 0.3) is 0 Å². The molecule has 19 heavy (non-hydrogen) atoms. The number of amides is 1. The summed E-state index contributed by atoms with van der Waals surface area (Å²) in [5.74, 6) is 0.411. The number of hydrogen-bond donors (Lipinski definition) is 1. The van der Waals surface area contributed by atoms with Gasteiger partial charge in [0.1, 0.15) is 17.4 Å². The zero-order valence-corrected chi connectivity index (χ0v) is 13.4. The van der Waals surface area contributed by atoms with Gasteiger partial charge in [-0.2, -0.15) is 5.26 Å². The first kappa shape index (κ1) is 15.6. The van der Waals surface area contributed by atoms with E-state index in [1.165, 1.54) is 7.11 Å². The molecule has 0 heterocycles. The first-order valence-corrected chi connectivity index (χ1v) is 6.62. The van der Waals surface area contributed by atoms with Crippen LogP contribution in [0, 0.1) is 14.9 Å². The van der Waals surface area contributed by atoms with Gasteiger partial charge in [-0.3, -0.25) is 5.32 Å². The van der Waals surface area contributed by atoms with Crippen LogP contribution in [0.15, 0.2) is 12.1 Å². The minimum absolute atomic E-state index is 0.411. The molecule has 5 nitrogen and oxygen atoms in total. The Morgan fingerprint density at radius 1 is 1.42 bits per heavy atom. The fourth-order valence-electron chi connectivity index (χ4n) is 1.32. The van der Waals surface area contributed by atoms with E-state index in [1.54, 1.807) is 32.9 Å². The fourth-order valence-corrected chi connectivity index (χ4v) is 1.92. The Balaban J connectivity index is 2.97. The SMILES string of the molecule is COc1cc(NC(=O)OC(C)(C)C)c(I)cc1C#N. The monoisotopic (exact) mass is 374 g/mol. The maximum atomic E-state index is 11.7. The van der Waals surface area contributed by atoms with Crippen LogP contribution >= 0.6 is 22.6 Å². The predicted molar refractivity (Wildman–Crippen MR) is 80.3 cm³/mol. The Kier molecular flexibility index (Phi) is 5.00. The summed E-state index contributed by atoms with van der Waals surface area (Å²) < 4.78 is 11.0. The number of nitrogens with one attached hydrogen (secondary N) is 1. The molecule has 0 aliphatic rings. The second-order valence-corrected chi connectivity index (χ2v) is 5.93. The van der Waals surface area contributed by atoms with Crippen LogP contribution in [0.5, 0.6) is 5.75 Å². The second kappa shape index (κ2) is 6.10. The van der Waals surface area contributed by atoms with E-state index in [9.17, 15) is 4.79 Å². The average molecular weight is 374 g/mol. The number of rotatable bonds is 2. The number of hydrogen-bond acceptors (Lipinski definition) is 4. The van der Waals surface area contributed by atoms with Crippen LogP contribution in [0.25, 0.3) is 0 Å². The van der Waals surface area contributed by atoms with Gasteiger partial charge in [0.2, 0.25) is 0 Å². The number of carbonyl (C=O) groups is 1. The van der Waals surface area contributed by atoms with Crippen LogP contribution < -0.4 is 10.1 Å². The standard InChI is InChI=1S/C13H15IN2O3/c1-13(2,3)19-12(17)16-10-6-11(18-4)8(7-15)5-9(10)14/h5-6H,1-4H3,(H,16,17). The molecule has 1 N–H and O–H groups in total. The number of ether oxygens (including phenoxy) is 2. The zero-order valence-electron chi connectivity index (χ0n) is 11.2. The minimum atomic E-state index is -0.563. The number of benzene rings is 1. The third-order valence-electron chi connectivity index (χ3n) is 2.05. The topological polar surface area (TPSA) is 71.3 Å². The van der Waals surface area contributed by atoms with Gasteiger partial charge in [0, 0.05) is 9.64 Å². The van der Waals surface area contributed by atoms with Gasteiger partial charge in [-0.25, -0.2) is 4.79 Å². The molecule has 0 bridgehead atoms. The van der Waals surface area contributed by atoms with E-state index in [4.69, 9.17) is 14.7 Å². The van der Waals surface area contributed by atoms with Crippen molar-refractivity contribution in [2.24, 2.45) is 0 Å². The molecule has 0 saturated carbocycles. The van der Waals surface area contributed by atoms with Crippen LogP contribution in [-0.4, -0.2) is 18.8 Å². The molecule has 1 amide bonds. The van der Waals surface area contributed by atoms with Crippen LogP contribution in [0.3, 0.4) is 0 Å². The van der Waals surface area contributed by atoms with Gasteiger partial charge in [0.05, 0.1) is 18.4 Å². The summed E-state index contributed by atoms with van der Waals surface area (Å²) >= 11 is 2.04. The molecular weight excluding hydrogens is 359 g/mol. The van der Waals surface area contributed by atoms with Crippen molar-refractivity contribution in [3.05, 3.63) is 21.3 Å². The number of nitriles is 1. The summed E-state index contributed by atoms with van der Waals surface area (Å²) in [6.07, 6.45) is -0.544. The van der Waals surface area contributed by atoms with Crippen molar-refractivity contribution in [1.82, 2.24) is 0 Å². The van der Waals surface area contributed by atoms with Gasteiger partial charge in [-0.05, 0) is 49.4 Å². The van der Waals surface area contributed by atoms with E-state index in [1.807, 2.05) is 28.7 Å². The van der Waals surface area contributed by atoms with Gasteiger partial charge >= 0.3 is 6.09 Å². The van der Waals surface area contributed by atoms with Crippen LogP contribution in [-0.2, 0) is 4.74 Å². The number of methoxy groups -OCH3 is 1. The lowest BCUT2D eigenvalue weighted by Gasteiger charge is -2.20. The zero-order chi connectivity index (χ0) is 14.6. The van der Waals surface area contributed by atoms with Crippen molar-refractivity contribution in [3.63, 3.8) is 0 Å². The molecule has 0 aliphatic heterocycles. The maximum absolute atomic E-state index is 11.7. The summed E-state index contributed by atoms with van der Waals surface area (Å²) in [5.41, 5.74) is 0.402.